The van der Waals surface area contributed by atoms with Crippen molar-refractivity contribution in [3.05, 3.63) is 30.3 Å². The first kappa shape index (κ1) is 11.1. The fourth-order valence-electron chi connectivity index (χ4n) is 0.895. The fourth-order valence-corrected chi connectivity index (χ4v) is 1.67. The van der Waals surface area contributed by atoms with Gasteiger partial charge in [0.1, 0.15) is 5.75 Å². The third-order valence-electron chi connectivity index (χ3n) is 1.76. The lowest BCUT2D eigenvalue weighted by Crippen LogP contribution is -2.48. The topological polar surface area (TPSA) is 74.6 Å². The number of rotatable bonds is 3. The van der Waals surface area contributed by atoms with Gasteiger partial charge < -0.3 is 0 Å². The summed E-state index contributed by atoms with van der Waals surface area (Å²) < 4.78 is 20.4. The largest absolute Gasteiger partial charge is 0.362 e. The summed E-state index contributed by atoms with van der Waals surface area (Å²) in [4.78, 5) is 0. The van der Waals surface area contributed by atoms with E-state index in [1.165, 1.54) is 25.1 Å². The Hall–Kier alpha value is -0.950. The summed E-state index contributed by atoms with van der Waals surface area (Å²) >= 11 is 0. The first-order valence-corrected chi connectivity index (χ1v) is 5.57. The van der Waals surface area contributed by atoms with Gasteiger partial charge in [0.05, 0.1) is 10.3 Å². The molecular formula is C8H11NO4S+. The third-order valence-corrected chi connectivity index (χ3v) is 3.46. The lowest BCUT2D eigenvalue weighted by molar-refractivity contribution is -0.213. The summed E-state index contributed by atoms with van der Waals surface area (Å²) in [6.45, 7) is 1.33. The minimum Gasteiger partial charge on any atom is -0.167 e. The molecule has 0 fully saturated rings. The molecule has 0 aliphatic rings. The van der Waals surface area contributed by atoms with Crippen LogP contribution in [0.1, 0.15) is 6.92 Å². The van der Waals surface area contributed by atoms with E-state index in [0.717, 1.165) is 0 Å². The van der Waals surface area contributed by atoms with Crippen molar-refractivity contribution in [3.63, 3.8) is 0 Å². The van der Waals surface area contributed by atoms with Crippen molar-refractivity contribution >= 4 is 15.7 Å². The molecule has 1 radical (unpaired) electrons. The van der Waals surface area contributed by atoms with Gasteiger partial charge in [-0.25, -0.2) is 0 Å². The van der Waals surface area contributed by atoms with Gasteiger partial charge in [-0.15, -0.1) is 0 Å². The number of nitrogens with zero attached hydrogens (tertiary/aromatic N) is 1. The summed E-state index contributed by atoms with van der Waals surface area (Å²) in [7, 11) is -4.03. The molecule has 0 saturated carbocycles. The Labute approximate surface area is 82.4 Å². The van der Waals surface area contributed by atoms with Crippen molar-refractivity contribution < 1.29 is 18.8 Å². The van der Waals surface area contributed by atoms with Gasteiger partial charge in [-0.05, 0) is 13.0 Å². The van der Waals surface area contributed by atoms with E-state index >= 15 is 0 Å². The first-order chi connectivity index (χ1) is 6.42. The number of sulfonamides is 1. The molecule has 0 aliphatic heterocycles. The van der Waals surface area contributed by atoms with Crippen molar-refractivity contribution in [1.29, 1.82) is 0 Å². The minimum absolute atomic E-state index is 0.227. The van der Waals surface area contributed by atoms with Crippen molar-refractivity contribution in [2.45, 2.75) is 6.92 Å². The van der Waals surface area contributed by atoms with E-state index in [1.54, 1.807) is 6.07 Å². The van der Waals surface area contributed by atoms with Crippen LogP contribution in [-0.2, 0) is 10.0 Å². The SMILES string of the molecule is CCS(=O)(=O)[N+](O)(O)c1[c]cccc1. The van der Waals surface area contributed by atoms with Gasteiger partial charge in [-0.2, -0.15) is 18.8 Å². The highest BCUT2D eigenvalue weighted by Crippen LogP contribution is 2.21. The Kier molecular flexibility index (Phi) is 2.91. The second-order valence-electron chi connectivity index (χ2n) is 2.66. The molecule has 0 aromatic heterocycles. The van der Waals surface area contributed by atoms with E-state index in [1.807, 2.05) is 0 Å². The molecular weight excluding hydrogens is 206 g/mol. The number of hydrogen-bond acceptors (Lipinski definition) is 4. The maximum atomic E-state index is 11.3. The van der Waals surface area contributed by atoms with Gasteiger partial charge in [-0.3, -0.25) is 0 Å². The van der Waals surface area contributed by atoms with Crippen LogP contribution in [0.2, 0.25) is 0 Å². The molecule has 6 heteroatoms. The second kappa shape index (κ2) is 3.66. The zero-order chi connectivity index (χ0) is 10.8. The highest BCUT2D eigenvalue weighted by Gasteiger charge is 2.41. The van der Waals surface area contributed by atoms with Crippen LogP contribution in [0, 0.1) is 6.07 Å². The normalized spacial score (nSPS) is 12.8. The Bertz CT molecular complexity index is 399. The van der Waals surface area contributed by atoms with E-state index < -0.39 is 14.2 Å². The number of hydrogen-bond donors (Lipinski definition) is 2. The zero-order valence-corrected chi connectivity index (χ0v) is 8.40. The molecule has 14 heavy (non-hydrogen) atoms. The highest BCUT2D eigenvalue weighted by molar-refractivity contribution is 7.90. The summed E-state index contributed by atoms with van der Waals surface area (Å²) in [5, 5.41) is 18.8. The summed E-state index contributed by atoms with van der Waals surface area (Å²) in [5.41, 5.74) is -0.227. The first-order valence-electron chi connectivity index (χ1n) is 3.96. The molecule has 77 valence electrons. The van der Waals surface area contributed by atoms with Gasteiger partial charge in [0, 0.05) is 6.07 Å². The summed E-state index contributed by atoms with van der Waals surface area (Å²) in [6, 6.07) is 8.21. The van der Waals surface area contributed by atoms with Gasteiger partial charge >= 0.3 is 10.0 Å². The third kappa shape index (κ3) is 1.78. The molecule has 5 nitrogen and oxygen atoms in total. The lowest BCUT2D eigenvalue weighted by Gasteiger charge is -2.18. The van der Waals surface area contributed by atoms with E-state index in [9.17, 15) is 18.8 Å². The Morgan fingerprint density at radius 1 is 1.43 bits per heavy atom. The second-order valence-corrected chi connectivity index (χ2v) is 4.91. The van der Waals surface area contributed by atoms with E-state index in [4.69, 9.17) is 0 Å². The van der Waals surface area contributed by atoms with Crippen LogP contribution < -0.4 is 4.21 Å². The van der Waals surface area contributed by atoms with Crippen LogP contribution in [0.4, 0.5) is 5.69 Å². The molecule has 0 heterocycles. The predicted octanol–water partition coefficient (Wildman–Crippen LogP) is 0.922. The van der Waals surface area contributed by atoms with Crippen LogP contribution in [0.3, 0.4) is 0 Å². The van der Waals surface area contributed by atoms with E-state index in [-0.39, 0.29) is 11.4 Å². The average Bonchev–Trinajstić information content (AvgIpc) is 2.19. The van der Waals surface area contributed by atoms with Gasteiger partial charge in [0.15, 0.2) is 0 Å². The Morgan fingerprint density at radius 3 is 2.50 bits per heavy atom. The van der Waals surface area contributed by atoms with Crippen molar-refractivity contribution in [1.82, 2.24) is 4.21 Å². The van der Waals surface area contributed by atoms with Crippen LogP contribution in [-0.4, -0.2) is 24.6 Å². The molecule has 0 aliphatic carbocycles. The van der Waals surface area contributed by atoms with Gasteiger partial charge in [0.25, 0.3) is 0 Å². The molecule has 2 N–H and O–H groups in total. The standard InChI is InChI=1S/C8H11NO4S/c1-2-14(12,13)9(10,11)8-6-4-3-5-7-8/h3-6,10-11H,2H2,1H3/q+1. The predicted molar refractivity (Wildman–Crippen MR) is 50.1 cm³/mol. The quantitative estimate of drug-likeness (QED) is 0.583. The maximum absolute atomic E-state index is 11.3. The Balaban J connectivity index is 3.22. The monoisotopic (exact) mass is 217 g/mol. The van der Waals surface area contributed by atoms with E-state index in [0.29, 0.717) is 0 Å². The Morgan fingerprint density at radius 2 is 2.07 bits per heavy atom. The van der Waals surface area contributed by atoms with E-state index in [2.05, 4.69) is 6.07 Å². The number of quaternary nitrogens is 1. The van der Waals surface area contributed by atoms with Gasteiger partial charge in [-0.1, -0.05) is 12.1 Å². The van der Waals surface area contributed by atoms with Crippen LogP contribution in [0.15, 0.2) is 24.3 Å². The average molecular weight is 217 g/mol. The molecule has 0 saturated heterocycles. The molecule has 0 amide bonds. The van der Waals surface area contributed by atoms with Crippen molar-refractivity contribution in [2.75, 3.05) is 5.75 Å². The molecule has 0 unspecified atom stereocenters. The lowest BCUT2D eigenvalue weighted by atomic mass is 10.3. The smallest absolute Gasteiger partial charge is 0.167 e. The van der Waals surface area contributed by atoms with Crippen LogP contribution in [0.25, 0.3) is 0 Å². The molecule has 1 aromatic rings. The fraction of sp³-hybridized carbons (Fsp3) is 0.250. The number of benzene rings is 1. The zero-order valence-electron chi connectivity index (χ0n) is 7.58. The highest BCUT2D eigenvalue weighted by atomic mass is 32.2. The van der Waals surface area contributed by atoms with Crippen molar-refractivity contribution in [2.24, 2.45) is 0 Å². The summed E-state index contributed by atoms with van der Waals surface area (Å²) in [5.74, 6) is -0.372. The van der Waals surface area contributed by atoms with Crippen LogP contribution >= 0.6 is 0 Å². The molecule has 0 spiro atoms. The molecule has 0 atom stereocenters. The van der Waals surface area contributed by atoms with Crippen LogP contribution in [0.5, 0.6) is 0 Å². The van der Waals surface area contributed by atoms with Crippen molar-refractivity contribution in [3.8, 4) is 0 Å². The summed E-state index contributed by atoms with van der Waals surface area (Å²) in [6.07, 6.45) is 0. The number of para-hydroxylation sites is 1. The molecule has 1 aromatic carbocycles. The maximum Gasteiger partial charge on any atom is 0.362 e. The molecule has 1 rings (SSSR count). The van der Waals surface area contributed by atoms with Gasteiger partial charge in [0.2, 0.25) is 5.69 Å². The molecule has 0 bridgehead atoms. The minimum atomic E-state index is -4.03.